The third-order valence-corrected chi connectivity index (χ3v) is 5.19. The van der Waals surface area contributed by atoms with Crippen LogP contribution >= 0.6 is 0 Å². The standard InChI is InChI=1S/C26H29NO3/c1-6-22-19(5)23(26(28)29-7-2)25(30-16-20-12-8-17(3)9-13-20)27-24(22)21-14-10-18(4)11-15-21/h8-15H,6-7,16H2,1-5H3. The normalized spacial score (nSPS) is 10.7. The monoisotopic (exact) mass is 403 g/mol. The van der Waals surface area contributed by atoms with Crippen LogP contribution in [0.1, 0.15) is 52.0 Å². The van der Waals surface area contributed by atoms with E-state index in [2.05, 4.69) is 38.1 Å². The van der Waals surface area contributed by atoms with Gasteiger partial charge < -0.3 is 9.47 Å². The number of esters is 1. The molecule has 0 aliphatic carbocycles. The van der Waals surface area contributed by atoms with Gasteiger partial charge in [-0.05, 0) is 50.8 Å². The highest BCUT2D eigenvalue weighted by Crippen LogP contribution is 2.33. The number of hydrogen-bond donors (Lipinski definition) is 0. The molecular formula is C26H29NO3. The Morgan fingerprint density at radius 1 is 0.900 bits per heavy atom. The molecule has 0 aliphatic heterocycles. The van der Waals surface area contributed by atoms with Crippen molar-refractivity contribution in [3.8, 4) is 17.1 Å². The molecule has 0 radical (unpaired) electrons. The van der Waals surface area contributed by atoms with Crippen LogP contribution in [0.25, 0.3) is 11.3 Å². The Bertz CT molecular complexity index is 1020. The summed E-state index contributed by atoms with van der Waals surface area (Å²) in [5.74, 6) is -0.0779. The summed E-state index contributed by atoms with van der Waals surface area (Å²) in [6.45, 7) is 10.6. The van der Waals surface area contributed by atoms with Crippen molar-refractivity contribution >= 4 is 5.97 Å². The third-order valence-electron chi connectivity index (χ3n) is 5.19. The Labute approximate surface area is 178 Å². The number of aromatic nitrogens is 1. The molecule has 2 aromatic carbocycles. The number of nitrogens with zero attached hydrogens (tertiary/aromatic N) is 1. The summed E-state index contributed by atoms with van der Waals surface area (Å²) in [4.78, 5) is 17.6. The van der Waals surface area contributed by atoms with Crippen LogP contribution in [0.4, 0.5) is 0 Å². The van der Waals surface area contributed by atoms with Gasteiger partial charge in [0.25, 0.3) is 0 Å². The van der Waals surface area contributed by atoms with Crippen molar-refractivity contribution in [3.63, 3.8) is 0 Å². The first kappa shape index (κ1) is 21.6. The van der Waals surface area contributed by atoms with E-state index in [0.717, 1.165) is 34.4 Å². The van der Waals surface area contributed by atoms with E-state index in [4.69, 9.17) is 14.5 Å². The minimum atomic E-state index is -0.397. The summed E-state index contributed by atoms with van der Waals surface area (Å²) in [5.41, 5.74) is 7.56. The van der Waals surface area contributed by atoms with Gasteiger partial charge in [-0.2, -0.15) is 0 Å². The predicted octanol–water partition coefficient (Wildman–Crippen LogP) is 5.99. The van der Waals surface area contributed by atoms with Gasteiger partial charge in [-0.15, -0.1) is 0 Å². The van der Waals surface area contributed by atoms with E-state index < -0.39 is 5.97 Å². The predicted molar refractivity (Wildman–Crippen MR) is 120 cm³/mol. The van der Waals surface area contributed by atoms with Crippen LogP contribution in [0.15, 0.2) is 48.5 Å². The molecule has 1 aromatic heterocycles. The maximum absolute atomic E-state index is 12.8. The summed E-state index contributed by atoms with van der Waals surface area (Å²) < 4.78 is 11.4. The van der Waals surface area contributed by atoms with E-state index in [-0.39, 0.29) is 0 Å². The first-order valence-corrected chi connectivity index (χ1v) is 10.4. The van der Waals surface area contributed by atoms with Crippen molar-refractivity contribution in [1.29, 1.82) is 0 Å². The summed E-state index contributed by atoms with van der Waals surface area (Å²) >= 11 is 0. The fourth-order valence-corrected chi connectivity index (χ4v) is 3.48. The van der Waals surface area contributed by atoms with Crippen LogP contribution in [0.3, 0.4) is 0 Å². The number of ether oxygens (including phenoxy) is 2. The van der Waals surface area contributed by atoms with E-state index in [9.17, 15) is 4.79 Å². The van der Waals surface area contributed by atoms with Crippen LogP contribution in [0, 0.1) is 20.8 Å². The summed E-state index contributed by atoms with van der Waals surface area (Å²) in [5, 5.41) is 0. The zero-order valence-corrected chi connectivity index (χ0v) is 18.4. The topological polar surface area (TPSA) is 48.4 Å². The summed E-state index contributed by atoms with van der Waals surface area (Å²) in [6, 6.07) is 16.4. The zero-order valence-electron chi connectivity index (χ0n) is 18.4. The lowest BCUT2D eigenvalue weighted by Gasteiger charge is -2.18. The number of rotatable bonds is 7. The number of hydrogen-bond acceptors (Lipinski definition) is 4. The van der Waals surface area contributed by atoms with Gasteiger partial charge >= 0.3 is 5.97 Å². The fourth-order valence-electron chi connectivity index (χ4n) is 3.48. The van der Waals surface area contributed by atoms with Crippen molar-refractivity contribution in [3.05, 3.63) is 81.9 Å². The molecule has 4 heteroatoms. The Balaban J connectivity index is 2.09. The molecule has 30 heavy (non-hydrogen) atoms. The van der Waals surface area contributed by atoms with Crippen LogP contribution in [-0.4, -0.2) is 17.6 Å². The second kappa shape index (κ2) is 9.57. The lowest BCUT2D eigenvalue weighted by molar-refractivity contribution is 0.0519. The molecule has 0 fully saturated rings. The molecule has 0 N–H and O–H groups in total. The van der Waals surface area contributed by atoms with E-state index in [1.165, 1.54) is 11.1 Å². The number of aryl methyl sites for hydroxylation is 2. The lowest BCUT2D eigenvalue weighted by atomic mass is 9.95. The minimum Gasteiger partial charge on any atom is -0.472 e. The minimum absolute atomic E-state index is 0.302. The quantitative estimate of drug-likeness (QED) is 0.455. The van der Waals surface area contributed by atoms with Crippen molar-refractivity contribution < 1.29 is 14.3 Å². The van der Waals surface area contributed by atoms with Gasteiger partial charge in [0, 0.05) is 5.56 Å². The van der Waals surface area contributed by atoms with Gasteiger partial charge in [0.15, 0.2) is 0 Å². The van der Waals surface area contributed by atoms with Gasteiger partial charge in [0.05, 0.1) is 12.3 Å². The summed E-state index contributed by atoms with van der Waals surface area (Å²) in [6.07, 6.45) is 0.757. The van der Waals surface area contributed by atoms with E-state index in [0.29, 0.717) is 24.7 Å². The van der Waals surface area contributed by atoms with Crippen LogP contribution in [0.2, 0.25) is 0 Å². The molecule has 0 aliphatic rings. The molecule has 0 bridgehead atoms. The van der Waals surface area contributed by atoms with Crippen molar-refractivity contribution in [2.24, 2.45) is 0 Å². The SMILES string of the molecule is CCOC(=O)c1c(OCc2ccc(C)cc2)nc(-c2ccc(C)cc2)c(CC)c1C. The molecule has 1 heterocycles. The first-order chi connectivity index (χ1) is 14.4. The van der Waals surface area contributed by atoms with Gasteiger partial charge in [-0.25, -0.2) is 9.78 Å². The van der Waals surface area contributed by atoms with Gasteiger partial charge in [-0.3, -0.25) is 0 Å². The van der Waals surface area contributed by atoms with E-state index >= 15 is 0 Å². The molecule has 0 saturated heterocycles. The second-order valence-electron chi connectivity index (χ2n) is 7.46. The molecule has 0 unspecified atom stereocenters. The maximum Gasteiger partial charge on any atom is 0.343 e. The van der Waals surface area contributed by atoms with Crippen LogP contribution in [-0.2, 0) is 17.8 Å². The zero-order chi connectivity index (χ0) is 21.7. The van der Waals surface area contributed by atoms with Crippen molar-refractivity contribution in [1.82, 2.24) is 4.98 Å². The molecule has 0 saturated carbocycles. The second-order valence-corrected chi connectivity index (χ2v) is 7.46. The molecule has 0 atom stereocenters. The Morgan fingerprint density at radius 3 is 2.07 bits per heavy atom. The highest BCUT2D eigenvalue weighted by molar-refractivity contribution is 5.95. The van der Waals surface area contributed by atoms with Gasteiger partial charge in [-0.1, -0.05) is 66.6 Å². The van der Waals surface area contributed by atoms with E-state index in [1.807, 2.05) is 38.1 Å². The van der Waals surface area contributed by atoms with Crippen molar-refractivity contribution in [2.75, 3.05) is 6.61 Å². The van der Waals surface area contributed by atoms with Gasteiger partial charge in [0.1, 0.15) is 12.2 Å². The molecule has 3 aromatic rings. The number of carbonyl (C=O) groups excluding carboxylic acids is 1. The van der Waals surface area contributed by atoms with Crippen LogP contribution in [0.5, 0.6) is 5.88 Å². The highest BCUT2D eigenvalue weighted by atomic mass is 16.5. The molecular weight excluding hydrogens is 374 g/mol. The van der Waals surface area contributed by atoms with Gasteiger partial charge in [0.2, 0.25) is 5.88 Å². The molecule has 3 rings (SSSR count). The Kier molecular flexibility index (Phi) is 6.88. The maximum atomic E-state index is 12.8. The number of benzene rings is 2. The largest absolute Gasteiger partial charge is 0.472 e. The van der Waals surface area contributed by atoms with E-state index in [1.54, 1.807) is 6.92 Å². The Hall–Kier alpha value is -3.14. The number of carbonyl (C=O) groups is 1. The smallest absolute Gasteiger partial charge is 0.343 e. The molecule has 0 amide bonds. The lowest BCUT2D eigenvalue weighted by Crippen LogP contribution is -2.14. The third kappa shape index (κ3) is 4.70. The molecule has 4 nitrogen and oxygen atoms in total. The summed E-state index contributed by atoms with van der Waals surface area (Å²) in [7, 11) is 0. The first-order valence-electron chi connectivity index (χ1n) is 10.4. The fraction of sp³-hybridized carbons (Fsp3) is 0.308. The molecule has 156 valence electrons. The average molecular weight is 404 g/mol. The van der Waals surface area contributed by atoms with Crippen LogP contribution < -0.4 is 4.74 Å². The van der Waals surface area contributed by atoms with Crippen molar-refractivity contribution in [2.45, 2.75) is 47.6 Å². The molecule has 0 spiro atoms. The average Bonchev–Trinajstić information content (AvgIpc) is 2.73. The number of pyridine rings is 1. The highest BCUT2D eigenvalue weighted by Gasteiger charge is 2.24. The Morgan fingerprint density at radius 2 is 1.50 bits per heavy atom.